The molecule has 2 aromatic carbocycles. The smallest absolute Gasteiger partial charge is 0.269 e. The minimum absolute atomic E-state index is 0. The topological polar surface area (TPSA) is 43.1 Å². The lowest BCUT2D eigenvalue weighted by atomic mass is 10.1. The van der Waals surface area contributed by atoms with Crippen LogP contribution in [0.3, 0.4) is 0 Å². The third-order valence-electron chi connectivity index (χ3n) is 3.02. The summed E-state index contributed by atoms with van der Waals surface area (Å²) in [4.78, 5) is 10.6. The second kappa shape index (κ2) is 3.97. The third-order valence-corrected chi connectivity index (χ3v) is 3.02. The van der Waals surface area contributed by atoms with E-state index >= 15 is 0 Å². The highest BCUT2D eigenvalue weighted by Crippen LogP contribution is 2.40. The Kier molecular flexibility index (Phi) is 2.63. The van der Waals surface area contributed by atoms with Crippen LogP contribution in [-0.2, 0) is 6.42 Å². The van der Waals surface area contributed by atoms with Gasteiger partial charge in [-0.15, -0.1) is 0 Å². The van der Waals surface area contributed by atoms with Crippen molar-refractivity contribution in [1.82, 2.24) is 0 Å². The van der Waals surface area contributed by atoms with Crippen LogP contribution in [0.4, 0.5) is 10.4 Å². The first-order valence-electron chi connectivity index (χ1n) is 5.12. The van der Waals surface area contributed by atoms with Crippen LogP contribution in [0, 0.1) is 10.1 Å². The zero-order chi connectivity index (χ0) is 11.1. The molecule has 0 spiro atoms. The normalized spacial score (nSPS) is 11.3. The monoisotopic (exact) mass is 231 g/mol. The molecule has 0 unspecified atom stereocenters. The maximum Gasteiger partial charge on any atom is 0.273 e. The van der Waals surface area contributed by atoms with Gasteiger partial charge in [-0.1, -0.05) is 36.4 Å². The van der Waals surface area contributed by atoms with Gasteiger partial charge < -0.3 is 0 Å². The number of hydrogen-bond acceptors (Lipinski definition) is 2. The molecule has 0 aliphatic heterocycles. The summed E-state index contributed by atoms with van der Waals surface area (Å²) in [7, 11) is 0. The van der Waals surface area contributed by atoms with Gasteiger partial charge in [-0.25, -0.2) is 0 Å². The lowest BCUT2D eigenvalue weighted by Gasteiger charge is -2.00. The first-order valence-corrected chi connectivity index (χ1v) is 5.12. The molecule has 0 bridgehead atoms. The van der Waals surface area contributed by atoms with E-state index in [9.17, 15) is 10.1 Å². The van der Waals surface area contributed by atoms with E-state index in [1.807, 2.05) is 30.3 Å². The molecule has 1 aliphatic carbocycles. The fourth-order valence-corrected chi connectivity index (χ4v) is 2.31. The summed E-state index contributed by atoms with van der Waals surface area (Å²) in [5, 5.41) is 10.9. The minimum Gasteiger partial charge on any atom is -0.269 e. The highest BCUT2D eigenvalue weighted by atomic mass is 19.0. The minimum atomic E-state index is -0.301. The van der Waals surface area contributed by atoms with Crippen LogP contribution in [0.2, 0.25) is 0 Å². The van der Waals surface area contributed by atoms with E-state index in [1.54, 1.807) is 12.1 Å². The lowest BCUT2D eigenvalue weighted by molar-refractivity contribution is -0.385. The zero-order valence-corrected chi connectivity index (χ0v) is 8.92. The molecule has 0 saturated carbocycles. The largest absolute Gasteiger partial charge is 0.273 e. The van der Waals surface area contributed by atoms with Crippen molar-refractivity contribution in [2.24, 2.45) is 0 Å². The molecule has 4 heteroatoms. The van der Waals surface area contributed by atoms with Crippen LogP contribution in [0.15, 0.2) is 42.5 Å². The number of halogens is 1. The maximum atomic E-state index is 10.9. The van der Waals surface area contributed by atoms with E-state index in [4.69, 9.17) is 0 Å². The molecule has 3 nitrogen and oxygen atoms in total. The summed E-state index contributed by atoms with van der Waals surface area (Å²) < 4.78 is 0. The highest BCUT2D eigenvalue weighted by Gasteiger charge is 2.25. The molecule has 3 rings (SSSR count). The van der Waals surface area contributed by atoms with Gasteiger partial charge >= 0.3 is 0 Å². The number of benzene rings is 2. The fraction of sp³-hybridized carbons (Fsp3) is 0.0769. The molecule has 0 N–H and O–H groups in total. The quantitative estimate of drug-likeness (QED) is 0.476. The summed E-state index contributed by atoms with van der Waals surface area (Å²) in [6.45, 7) is 0. The van der Waals surface area contributed by atoms with Crippen LogP contribution < -0.4 is 0 Å². The summed E-state index contributed by atoms with van der Waals surface area (Å²) in [6, 6.07) is 13.3. The Hall–Kier alpha value is -2.23. The third kappa shape index (κ3) is 1.58. The Balaban J connectivity index is 0.00000108. The Morgan fingerprint density at radius 2 is 1.71 bits per heavy atom. The molecule has 0 aromatic heterocycles. The van der Waals surface area contributed by atoms with E-state index in [-0.39, 0.29) is 15.3 Å². The Morgan fingerprint density at radius 1 is 1.00 bits per heavy atom. The van der Waals surface area contributed by atoms with Gasteiger partial charge in [0.05, 0.1) is 4.92 Å². The van der Waals surface area contributed by atoms with Crippen LogP contribution in [0.1, 0.15) is 11.1 Å². The van der Waals surface area contributed by atoms with Crippen molar-refractivity contribution in [2.45, 2.75) is 6.42 Å². The Morgan fingerprint density at radius 3 is 2.47 bits per heavy atom. The van der Waals surface area contributed by atoms with Gasteiger partial charge in [-0.2, -0.15) is 0 Å². The molecule has 0 fully saturated rings. The van der Waals surface area contributed by atoms with Crippen LogP contribution in [0.25, 0.3) is 11.1 Å². The molecule has 0 amide bonds. The second-order valence-electron chi connectivity index (χ2n) is 3.89. The number of hydrogen-bond donors (Lipinski definition) is 0. The van der Waals surface area contributed by atoms with Crippen molar-refractivity contribution in [2.75, 3.05) is 0 Å². The van der Waals surface area contributed by atoms with Gasteiger partial charge in [0.15, 0.2) is 0 Å². The molecule has 17 heavy (non-hydrogen) atoms. The van der Waals surface area contributed by atoms with Gasteiger partial charge in [-0.05, 0) is 16.7 Å². The summed E-state index contributed by atoms with van der Waals surface area (Å²) in [5.74, 6) is 0. The molecule has 0 heterocycles. The average molecular weight is 231 g/mol. The van der Waals surface area contributed by atoms with E-state index in [1.165, 1.54) is 5.56 Å². The molecular formula is C13H10FNO2. The highest BCUT2D eigenvalue weighted by molar-refractivity contribution is 5.80. The Labute approximate surface area is 97.2 Å². The summed E-state index contributed by atoms with van der Waals surface area (Å²) in [5.41, 5.74) is 4.38. The van der Waals surface area contributed by atoms with Crippen LogP contribution in [0.5, 0.6) is 0 Å². The van der Waals surface area contributed by atoms with Crippen LogP contribution in [-0.4, -0.2) is 4.92 Å². The first kappa shape index (κ1) is 11.3. The maximum absolute atomic E-state index is 10.9. The number of nitro benzene ring substituents is 1. The number of fused-ring (bicyclic) bond motifs is 3. The number of nitrogens with zero attached hydrogens (tertiary/aromatic N) is 1. The van der Waals surface area contributed by atoms with Crippen molar-refractivity contribution in [3.8, 4) is 11.1 Å². The van der Waals surface area contributed by atoms with Crippen molar-refractivity contribution in [3.63, 3.8) is 0 Å². The fourth-order valence-electron chi connectivity index (χ4n) is 2.31. The van der Waals surface area contributed by atoms with E-state index in [0.29, 0.717) is 6.42 Å². The van der Waals surface area contributed by atoms with Crippen molar-refractivity contribution < 1.29 is 9.63 Å². The molecule has 1 aliphatic rings. The molecule has 0 atom stereocenters. The molecule has 0 saturated heterocycles. The zero-order valence-electron chi connectivity index (χ0n) is 8.92. The summed E-state index contributed by atoms with van der Waals surface area (Å²) >= 11 is 0. The number of rotatable bonds is 1. The lowest BCUT2D eigenvalue weighted by Crippen LogP contribution is -1.93. The predicted molar refractivity (Wildman–Crippen MR) is 63.8 cm³/mol. The van der Waals surface area contributed by atoms with E-state index < -0.39 is 0 Å². The van der Waals surface area contributed by atoms with Gasteiger partial charge in [0.2, 0.25) is 0 Å². The molecule has 2 aromatic rings. The molecule has 0 radical (unpaired) electrons. The Bertz CT molecular complexity index is 596. The second-order valence-corrected chi connectivity index (χ2v) is 3.89. The molecule has 86 valence electrons. The molecular weight excluding hydrogens is 221 g/mol. The summed E-state index contributed by atoms with van der Waals surface area (Å²) in [6.07, 6.45) is 0.669. The van der Waals surface area contributed by atoms with Gasteiger partial charge in [-0.3, -0.25) is 14.8 Å². The van der Waals surface area contributed by atoms with Crippen LogP contribution >= 0.6 is 0 Å². The van der Waals surface area contributed by atoms with E-state index in [0.717, 1.165) is 16.7 Å². The first-order chi connectivity index (χ1) is 7.77. The standard InChI is InChI=1S/C13H9NO2.FH/c15-14(16)13-7-3-6-11-10-5-2-1-4-9(10)8-12(11)13;/h1-7H,8H2;1H. The van der Waals surface area contributed by atoms with Gasteiger partial charge in [0.1, 0.15) is 0 Å². The van der Waals surface area contributed by atoms with E-state index in [2.05, 4.69) is 0 Å². The average Bonchev–Trinajstić information content (AvgIpc) is 2.67. The SMILES string of the molecule is F.O=[N+]([O-])c1cccc2c1Cc1ccccc1-2. The number of nitro groups is 1. The van der Waals surface area contributed by atoms with Gasteiger partial charge in [0.25, 0.3) is 5.69 Å². The van der Waals surface area contributed by atoms with Crippen molar-refractivity contribution in [1.29, 1.82) is 0 Å². The van der Waals surface area contributed by atoms with Gasteiger partial charge in [0, 0.05) is 18.1 Å². The van der Waals surface area contributed by atoms with Crippen molar-refractivity contribution in [3.05, 3.63) is 63.7 Å². The predicted octanol–water partition coefficient (Wildman–Crippen LogP) is 3.32. The van der Waals surface area contributed by atoms with Crippen molar-refractivity contribution >= 4 is 5.69 Å².